The lowest BCUT2D eigenvalue weighted by atomic mass is 10.1. The number of hydrogen-bond acceptors (Lipinski definition) is 6. The largest absolute Gasteiger partial charge is 0.494 e. The quantitative estimate of drug-likeness (QED) is 0.550. The molecule has 1 fully saturated rings. The highest BCUT2D eigenvalue weighted by Gasteiger charge is 2.54. The van der Waals surface area contributed by atoms with Crippen LogP contribution in [0.2, 0.25) is 5.02 Å². The highest BCUT2D eigenvalue weighted by molar-refractivity contribution is 6.31. The zero-order chi connectivity index (χ0) is 24.1. The molecule has 0 spiro atoms. The first-order valence-electron chi connectivity index (χ1n) is 10.8. The number of halogens is 2. The van der Waals surface area contributed by atoms with Crippen molar-refractivity contribution >= 4 is 29.5 Å². The molecule has 2 aromatic carbocycles. The molecule has 3 amide bonds. The SMILES string of the molecule is CCOc1ccc(-c2nnc3n2C2C(C(=O)N(C)C(=O)N2C)N3Cc2c(F)cccc2Cl)cc1. The van der Waals surface area contributed by atoms with Gasteiger partial charge in [0.2, 0.25) is 5.95 Å². The molecule has 2 aliphatic heterocycles. The van der Waals surface area contributed by atoms with Crippen molar-refractivity contribution in [2.75, 3.05) is 25.6 Å². The van der Waals surface area contributed by atoms with Gasteiger partial charge in [-0.3, -0.25) is 14.3 Å². The molecular formula is C23H22ClFN6O3. The molecule has 34 heavy (non-hydrogen) atoms. The van der Waals surface area contributed by atoms with Crippen molar-refractivity contribution in [3.05, 3.63) is 58.9 Å². The summed E-state index contributed by atoms with van der Waals surface area (Å²) >= 11 is 6.29. The van der Waals surface area contributed by atoms with Crippen LogP contribution in [0.25, 0.3) is 11.4 Å². The smallest absolute Gasteiger partial charge is 0.327 e. The first-order chi connectivity index (χ1) is 16.3. The van der Waals surface area contributed by atoms with E-state index in [9.17, 15) is 14.0 Å². The van der Waals surface area contributed by atoms with E-state index in [4.69, 9.17) is 16.3 Å². The lowest BCUT2D eigenvalue weighted by Crippen LogP contribution is -2.61. The highest BCUT2D eigenvalue weighted by atomic mass is 35.5. The highest BCUT2D eigenvalue weighted by Crippen LogP contribution is 2.43. The summed E-state index contributed by atoms with van der Waals surface area (Å²) in [4.78, 5) is 30.3. The summed E-state index contributed by atoms with van der Waals surface area (Å²) in [6.45, 7) is 2.43. The van der Waals surface area contributed by atoms with E-state index in [2.05, 4.69) is 10.2 Å². The number of aromatic nitrogens is 3. The van der Waals surface area contributed by atoms with Crippen molar-refractivity contribution in [1.82, 2.24) is 24.6 Å². The van der Waals surface area contributed by atoms with E-state index in [1.165, 1.54) is 24.1 Å². The van der Waals surface area contributed by atoms with Crippen molar-refractivity contribution < 1.29 is 18.7 Å². The third-order valence-electron chi connectivity index (χ3n) is 6.20. The number of rotatable bonds is 5. The molecule has 3 aromatic rings. The van der Waals surface area contributed by atoms with Gasteiger partial charge in [0, 0.05) is 30.2 Å². The zero-order valence-electron chi connectivity index (χ0n) is 18.8. The summed E-state index contributed by atoms with van der Waals surface area (Å²) in [6, 6.07) is 10.5. The second kappa shape index (κ2) is 8.28. The predicted octanol–water partition coefficient (Wildman–Crippen LogP) is 3.55. The fourth-order valence-electron chi connectivity index (χ4n) is 4.52. The maximum absolute atomic E-state index is 14.7. The van der Waals surface area contributed by atoms with Gasteiger partial charge >= 0.3 is 6.03 Å². The van der Waals surface area contributed by atoms with Crippen LogP contribution in [0.4, 0.5) is 15.1 Å². The molecule has 11 heteroatoms. The zero-order valence-corrected chi connectivity index (χ0v) is 19.5. The summed E-state index contributed by atoms with van der Waals surface area (Å²) in [5.74, 6) is 0.634. The molecule has 1 aromatic heterocycles. The first-order valence-corrected chi connectivity index (χ1v) is 11.1. The topological polar surface area (TPSA) is 83.8 Å². The van der Waals surface area contributed by atoms with Gasteiger partial charge < -0.3 is 14.5 Å². The molecule has 0 bridgehead atoms. The average Bonchev–Trinajstić information content (AvgIpc) is 3.38. The summed E-state index contributed by atoms with van der Waals surface area (Å²) in [5.41, 5.74) is 0.968. The van der Waals surface area contributed by atoms with Crippen molar-refractivity contribution in [2.45, 2.75) is 25.7 Å². The van der Waals surface area contributed by atoms with E-state index < -0.39 is 30.0 Å². The number of carbonyl (C=O) groups is 2. The average molecular weight is 485 g/mol. The number of nitrogens with zero attached hydrogens (tertiary/aromatic N) is 6. The van der Waals surface area contributed by atoms with Gasteiger partial charge in [-0.15, -0.1) is 10.2 Å². The van der Waals surface area contributed by atoms with Crippen LogP contribution in [0.3, 0.4) is 0 Å². The van der Waals surface area contributed by atoms with Gasteiger partial charge in [-0.25, -0.2) is 9.18 Å². The number of amides is 3. The molecule has 5 rings (SSSR count). The number of carbonyl (C=O) groups excluding carboxylic acids is 2. The molecule has 2 aliphatic rings. The fraction of sp³-hybridized carbons (Fsp3) is 0.304. The Bertz CT molecular complexity index is 1260. The van der Waals surface area contributed by atoms with Crippen molar-refractivity contribution in [2.24, 2.45) is 0 Å². The van der Waals surface area contributed by atoms with Crippen LogP contribution in [0.5, 0.6) is 5.75 Å². The number of urea groups is 1. The van der Waals surface area contributed by atoms with Gasteiger partial charge in [-0.2, -0.15) is 0 Å². The maximum atomic E-state index is 14.7. The molecule has 0 radical (unpaired) electrons. The van der Waals surface area contributed by atoms with Crippen LogP contribution in [0.1, 0.15) is 18.7 Å². The Kier molecular flexibility index (Phi) is 5.40. The molecule has 3 heterocycles. The van der Waals surface area contributed by atoms with Crippen LogP contribution in [-0.4, -0.2) is 63.2 Å². The molecule has 0 saturated carbocycles. The Balaban J connectivity index is 1.64. The molecule has 2 unspecified atom stereocenters. The monoisotopic (exact) mass is 484 g/mol. The van der Waals surface area contributed by atoms with Crippen LogP contribution < -0.4 is 9.64 Å². The third kappa shape index (κ3) is 3.28. The number of benzene rings is 2. The minimum absolute atomic E-state index is 0.0182. The fourth-order valence-corrected chi connectivity index (χ4v) is 4.75. The maximum Gasteiger partial charge on any atom is 0.327 e. The van der Waals surface area contributed by atoms with E-state index in [1.807, 2.05) is 31.2 Å². The molecule has 2 atom stereocenters. The molecule has 1 saturated heterocycles. The summed E-state index contributed by atoms with van der Waals surface area (Å²) in [7, 11) is 3.05. The van der Waals surface area contributed by atoms with Gasteiger partial charge in [-0.1, -0.05) is 17.7 Å². The minimum Gasteiger partial charge on any atom is -0.494 e. The lowest BCUT2D eigenvalue weighted by Gasteiger charge is -2.40. The summed E-state index contributed by atoms with van der Waals surface area (Å²) in [6.07, 6.45) is -0.715. The van der Waals surface area contributed by atoms with E-state index in [0.717, 1.165) is 10.5 Å². The summed E-state index contributed by atoms with van der Waals surface area (Å²) in [5, 5.41) is 8.94. The number of anilines is 1. The molecule has 0 aliphatic carbocycles. The Hall–Kier alpha value is -3.66. The van der Waals surface area contributed by atoms with Gasteiger partial charge in [0.15, 0.2) is 11.9 Å². The van der Waals surface area contributed by atoms with Gasteiger partial charge in [0.1, 0.15) is 17.7 Å². The molecule has 9 nitrogen and oxygen atoms in total. The van der Waals surface area contributed by atoms with E-state index in [0.29, 0.717) is 24.1 Å². The second-order valence-corrected chi connectivity index (χ2v) is 8.54. The number of imide groups is 1. The predicted molar refractivity (Wildman–Crippen MR) is 123 cm³/mol. The van der Waals surface area contributed by atoms with E-state index in [-0.39, 0.29) is 17.1 Å². The van der Waals surface area contributed by atoms with Crippen LogP contribution >= 0.6 is 11.6 Å². The Labute approximate surface area is 200 Å². The number of hydrogen-bond donors (Lipinski definition) is 0. The third-order valence-corrected chi connectivity index (χ3v) is 6.55. The van der Waals surface area contributed by atoms with Crippen molar-refractivity contribution in [1.29, 1.82) is 0 Å². The van der Waals surface area contributed by atoms with Crippen molar-refractivity contribution in [3.8, 4) is 17.1 Å². The second-order valence-electron chi connectivity index (χ2n) is 8.13. The number of likely N-dealkylation sites (N-methyl/N-ethyl adjacent to an activating group) is 2. The standard InChI is InChI=1S/C23H22ClFN6O3/c1-4-34-14-10-8-13(9-11-14)19-26-27-22-30(12-15-16(24)6-5-7-17(15)25)18-20(31(19)22)28(2)23(33)29(3)21(18)32/h5-11,18,20H,4,12H2,1-3H3. The van der Waals surface area contributed by atoms with E-state index in [1.54, 1.807) is 22.6 Å². The van der Waals surface area contributed by atoms with Gasteiger partial charge in [0.25, 0.3) is 5.91 Å². The lowest BCUT2D eigenvalue weighted by molar-refractivity contribution is -0.133. The summed E-state index contributed by atoms with van der Waals surface area (Å²) < 4.78 is 21.9. The van der Waals surface area contributed by atoms with Gasteiger partial charge in [0.05, 0.1) is 13.2 Å². The van der Waals surface area contributed by atoms with Gasteiger partial charge in [-0.05, 0) is 43.3 Å². The van der Waals surface area contributed by atoms with Crippen LogP contribution in [-0.2, 0) is 11.3 Å². The van der Waals surface area contributed by atoms with Crippen LogP contribution in [0, 0.1) is 5.82 Å². The molecular weight excluding hydrogens is 463 g/mol. The van der Waals surface area contributed by atoms with Crippen molar-refractivity contribution in [3.63, 3.8) is 0 Å². The molecule has 176 valence electrons. The molecule has 0 N–H and O–H groups in total. The first kappa shape index (κ1) is 22.1. The number of ether oxygens (including phenoxy) is 1. The van der Waals surface area contributed by atoms with E-state index >= 15 is 0 Å². The minimum atomic E-state index is -0.824. The van der Waals surface area contributed by atoms with Crippen LogP contribution in [0.15, 0.2) is 42.5 Å². The number of fused-ring (bicyclic) bond motifs is 3. The Morgan fingerprint density at radius 2 is 1.82 bits per heavy atom. The normalized spacial score (nSPS) is 19.5. The Morgan fingerprint density at radius 3 is 2.50 bits per heavy atom. The Morgan fingerprint density at radius 1 is 1.09 bits per heavy atom.